The lowest BCUT2D eigenvalue weighted by atomic mass is 10.3. The molecule has 0 aliphatic carbocycles. The standard InChI is InChI=1S/C9H10ClFO3S/c1-6(2)14-9-4-3-7(5-8(9)11)15(10,12)13/h3-6H,1-2H3. The molecule has 0 N–H and O–H groups in total. The van der Waals surface area contributed by atoms with E-state index in [9.17, 15) is 12.8 Å². The van der Waals surface area contributed by atoms with Crippen molar-refractivity contribution in [3.63, 3.8) is 0 Å². The molecule has 0 saturated heterocycles. The molecule has 1 aromatic rings. The highest BCUT2D eigenvalue weighted by atomic mass is 35.7. The van der Waals surface area contributed by atoms with E-state index >= 15 is 0 Å². The van der Waals surface area contributed by atoms with Crippen molar-refractivity contribution >= 4 is 19.7 Å². The molecule has 84 valence electrons. The predicted molar refractivity (Wildman–Crippen MR) is 55.2 cm³/mol. The topological polar surface area (TPSA) is 43.4 Å². The Hall–Kier alpha value is -0.810. The van der Waals surface area contributed by atoms with E-state index in [4.69, 9.17) is 15.4 Å². The van der Waals surface area contributed by atoms with E-state index in [2.05, 4.69) is 0 Å². The van der Waals surface area contributed by atoms with Gasteiger partial charge < -0.3 is 4.74 Å². The minimum atomic E-state index is -3.89. The summed E-state index contributed by atoms with van der Waals surface area (Å²) in [4.78, 5) is -0.280. The normalized spacial score (nSPS) is 11.8. The lowest BCUT2D eigenvalue weighted by molar-refractivity contribution is 0.231. The molecule has 3 nitrogen and oxygen atoms in total. The van der Waals surface area contributed by atoms with Gasteiger partial charge in [0.15, 0.2) is 11.6 Å². The maximum atomic E-state index is 13.3. The van der Waals surface area contributed by atoms with Crippen LogP contribution in [0.5, 0.6) is 5.75 Å². The predicted octanol–water partition coefficient (Wildman–Crippen LogP) is 2.54. The smallest absolute Gasteiger partial charge is 0.261 e. The Morgan fingerprint density at radius 2 is 2.00 bits per heavy atom. The van der Waals surface area contributed by atoms with Crippen molar-refractivity contribution in [3.8, 4) is 5.75 Å². The van der Waals surface area contributed by atoms with Crippen LogP contribution < -0.4 is 4.74 Å². The summed E-state index contributed by atoms with van der Waals surface area (Å²) < 4.78 is 40.1. The van der Waals surface area contributed by atoms with Crippen molar-refractivity contribution in [2.24, 2.45) is 0 Å². The second kappa shape index (κ2) is 4.37. The highest BCUT2D eigenvalue weighted by Gasteiger charge is 2.14. The van der Waals surface area contributed by atoms with Gasteiger partial charge in [0.05, 0.1) is 11.0 Å². The van der Waals surface area contributed by atoms with Gasteiger partial charge in [0.25, 0.3) is 9.05 Å². The zero-order valence-corrected chi connectivity index (χ0v) is 9.77. The second-order valence-corrected chi connectivity index (χ2v) is 5.76. The van der Waals surface area contributed by atoms with Crippen LogP contribution in [-0.2, 0) is 9.05 Å². The summed E-state index contributed by atoms with van der Waals surface area (Å²) in [6, 6.07) is 3.27. The lowest BCUT2D eigenvalue weighted by Gasteiger charge is -2.10. The van der Waals surface area contributed by atoms with Crippen LogP contribution in [0, 0.1) is 5.82 Å². The summed E-state index contributed by atoms with van der Waals surface area (Å²) in [5, 5.41) is 0. The van der Waals surface area contributed by atoms with Crippen molar-refractivity contribution in [1.82, 2.24) is 0 Å². The summed E-state index contributed by atoms with van der Waals surface area (Å²) in [5.74, 6) is -0.737. The molecule has 0 bridgehead atoms. The summed E-state index contributed by atoms with van der Waals surface area (Å²) in [5.41, 5.74) is 0. The largest absolute Gasteiger partial charge is 0.488 e. The monoisotopic (exact) mass is 252 g/mol. The van der Waals surface area contributed by atoms with Crippen LogP contribution in [0.1, 0.15) is 13.8 Å². The van der Waals surface area contributed by atoms with E-state index in [0.717, 1.165) is 6.07 Å². The van der Waals surface area contributed by atoms with Crippen molar-refractivity contribution in [1.29, 1.82) is 0 Å². The first kappa shape index (κ1) is 12.3. The van der Waals surface area contributed by atoms with Gasteiger partial charge in [0, 0.05) is 10.7 Å². The molecule has 0 atom stereocenters. The van der Waals surface area contributed by atoms with Crippen LogP contribution >= 0.6 is 10.7 Å². The highest BCUT2D eigenvalue weighted by Crippen LogP contribution is 2.23. The van der Waals surface area contributed by atoms with Crippen LogP contribution in [0.25, 0.3) is 0 Å². The van der Waals surface area contributed by atoms with Gasteiger partial charge in [0.2, 0.25) is 0 Å². The summed E-state index contributed by atoms with van der Waals surface area (Å²) >= 11 is 0. The molecule has 0 aliphatic heterocycles. The minimum Gasteiger partial charge on any atom is -0.488 e. The van der Waals surface area contributed by atoms with Crippen molar-refractivity contribution < 1.29 is 17.5 Å². The molecule has 15 heavy (non-hydrogen) atoms. The number of hydrogen-bond donors (Lipinski definition) is 0. The van der Waals surface area contributed by atoms with E-state index in [1.54, 1.807) is 13.8 Å². The third-order valence-electron chi connectivity index (χ3n) is 1.55. The molecular weight excluding hydrogens is 243 g/mol. The van der Waals surface area contributed by atoms with Crippen LogP contribution in [0.3, 0.4) is 0 Å². The first-order valence-corrected chi connectivity index (χ1v) is 6.52. The SMILES string of the molecule is CC(C)Oc1ccc(S(=O)(=O)Cl)cc1F. The molecule has 1 rings (SSSR count). The fourth-order valence-electron chi connectivity index (χ4n) is 0.983. The third kappa shape index (κ3) is 3.35. The van der Waals surface area contributed by atoms with E-state index in [0.29, 0.717) is 0 Å². The van der Waals surface area contributed by atoms with Gasteiger partial charge in [0.1, 0.15) is 0 Å². The van der Waals surface area contributed by atoms with E-state index in [1.807, 2.05) is 0 Å². The molecule has 0 saturated carbocycles. The van der Waals surface area contributed by atoms with Gasteiger partial charge in [-0.25, -0.2) is 12.8 Å². The first-order valence-electron chi connectivity index (χ1n) is 4.21. The summed E-state index contributed by atoms with van der Waals surface area (Å²) in [7, 11) is 1.16. The molecule has 0 spiro atoms. The first-order chi connectivity index (χ1) is 6.80. The molecule has 0 aromatic heterocycles. The molecule has 0 aliphatic rings. The maximum Gasteiger partial charge on any atom is 0.261 e. The number of hydrogen-bond acceptors (Lipinski definition) is 3. The van der Waals surface area contributed by atoms with Crippen molar-refractivity contribution in [2.75, 3.05) is 0 Å². The highest BCUT2D eigenvalue weighted by molar-refractivity contribution is 8.13. The minimum absolute atomic E-state index is 0.00840. The maximum absolute atomic E-state index is 13.3. The molecule has 0 heterocycles. The Bertz CT molecular complexity index is 456. The Morgan fingerprint density at radius 1 is 1.40 bits per heavy atom. The number of benzene rings is 1. The molecule has 6 heteroatoms. The summed E-state index contributed by atoms with van der Waals surface area (Å²) in [6.45, 7) is 3.48. The Balaban J connectivity index is 3.09. The zero-order chi connectivity index (χ0) is 11.6. The van der Waals surface area contributed by atoms with Gasteiger partial charge in [-0.2, -0.15) is 0 Å². The molecule has 0 amide bonds. The van der Waals surface area contributed by atoms with Crippen molar-refractivity contribution in [3.05, 3.63) is 24.0 Å². The van der Waals surface area contributed by atoms with E-state index < -0.39 is 14.9 Å². The third-order valence-corrected chi connectivity index (χ3v) is 2.90. The summed E-state index contributed by atoms with van der Waals surface area (Å²) in [6.07, 6.45) is -0.182. The molecule has 1 aromatic carbocycles. The van der Waals surface area contributed by atoms with Crippen LogP contribution in [0.2, 0.25) is 0 Å². The fourth-order valence-corrected chi connectivity index (χ4v) is 1.75. The van der Waals surface area contributed by atoms with Gasteiger partial charge >= 0.3 is 0 Å². The Labute approximate surface area is 92.2 Å². The Morgan fingerprint density at radius 3 is 2.40 bits per heavy atom. The fraction of sp³-hybridized carbons (Fsp3) is 0.333. The zero-order valence-electron chi connectivity index (χ0n) is 8.20. The molecule has 0 fully saturated rings. The average molecular weight is 253 g/mol. The molecule has 0 radical (unpaired) electrons. The van der Waals surface area contributed by atoms with Gasteiger partial charge in [-0.1, -0.05) is 0 Å². The van der Waals surface area contributed by atoms with Gasteiger partial charge in [-0.15, -0.1) is 0 Å². The second-order valence-electron chi connectivity index (χ2n) is 3.20. The molecular formula is C9H10ClFO3S. The molecule has 0 unspecified atom stereocenters. The van der Waals surface area contributed by atoms with Gasteiger partial charge in [-0.05, 0) is 32.0 Å². The number of rotatable bonds is 3. The average Bonchev–Trinajstić information content (AvgIpc) is 2.05. The van der Waals surface area contributed by atoms with Crippen LogP contribution in [-0.4, -0.2) is 14.5 Å². The van der Waals surface area contributed by atoms with E-state index in [-0.39, 0.29) is 16.7 Å². The van der Waals surface area contributed by atoms with Crippen LogP contribution in [0.15, 0.2) is 23.1 Å². The quantitative estimate of drug-likeness (QED) is 0.777. The lowest BCUT2D eigenvalue weighted by Crippen LogP contribution is -2.07. The van der Waals surface area contributed by atoms with Gasteiger partial charge in [-0.3, -0.25) is 0 Å². The van der Waals surface area contributed by atoms with Crippen LogP contribution in [0.4, 0.5) is 4.39 Å². The van der Waals surface area contributed by atoms with Crippen molar-refractivity contribution in [2.45, 2.75) is 24.8 Å². The Kier molecular flexibility index (Phi) is 3.57. The number of halogens is 2. The number of ether oxygens (including phenoxy) is 1. The van der Waals surface area contributed by atoms with E-state index in [1.165, 1.54) is 12.1 Å².